The van der Waals surface area contributed by atoms with E-state index in [-0.39, 0.29) is 6.04 Å². The average Bonchev–Trinajstić information content (AvgIpc) is 2.90. The maximum atomic E-state index is 12.8. The van der Waals surface area contributed by atoms with Crippen molar-refractivity contribution in [3.8, 4) is 0 Å². The first-order chi connectivity index (χ1) is 9.59. The van der Waals surface area contributed by atoms with E-state index in [4.69, 9.17) is 5.73 Å². The van der Waals surface area contributed by atoms with Gasteiger partial charge in [-0.3, -0.25) is 0 Å². The average molecular weight is 316 g/mol. The lowest BCUT2D eigenvalue weighted by molar-refractivity contribution is 0.262. The third-order valence-corrected chi connectivity index (χ3v) is 7.52. The molecule has 0 atom stereocenters. The van der Waals surface area contributed by atoms with Crippen molar-refractivity contribution >= 4 is 21.4 Å². The molecule has 0 bridgehead atoms. The largest absolute Gasteiger partial charge is 0.330 e. The van der Waals surface area contributed by atoms with E-state index in [1.165, 1.54) is 17.8 Å². The van der Waals surface area contributed by atoms with Crippen LogP contribution in [0.25, 0.3) is 0 Å². The molecule has 1 aliphatic carbocycles. The molecular weight excluding hydrogens is 292 g/mol. The van der Waals surface area contributed by atoms with Gasteiger partial charge in [-0.25, -0.2) is 8.42 Å². The summed E-state index contributed by atoms with van der Waals surface area (Å²) in [4.78, 5) is 1.05. The molecule has 4 nitrogen and oxygen atoms in total. The van der Waals surface area contributed by atoms with Gasteiger partial charge in [-0.05, 0) is 37.9 Å². The number of rotatable bonds is 6. The van der Waals surface area contributed by atoms with E-state index in [0.29, 0.717) is 17.3 Å². The minimum Gasteiger partial charge on any atom is -0.330 e. The molecule has 0 spiro atoms. The molecule has 2 N–H and O–H groups in total. The van der Waals surface area contributed by atoms with Crippen LogP contribution in [0.4, 0.5) is 0 Å². The quantitative estimate of drug-likeness (QED) is 0.877. The molecule has 1 aromatic rings. The number of nitrogens with two attached hydrogens (primary N) is 1. The summed E-state index contributed by atoms with van der Waals surface area (Å²) in [6.07, 6.45) is 6.24. The molecule has 0 aliphatic heterocycles. The van der Waals surface area contributed by atoms with Gasteiger partial charge in [-0.2, -0.15) is 4.31 Å². The maximum absolute atomic E-state index is 12.8. The second kappa shape index (κ2) is 7.02. The lowest BCUT2D eigenvalue weighted by atomic mass is 9.95. The van der Waals surface area contributed by atoms with E-state index in [1.54, 1.807) is 10.4 Å². The summed E-state index contributed by atoms with van der Waals surface area (Å²) in [5.41, 5.74) is 5.53. The van der Waals surface area contributed by atoms with Crippen LogP contribution in [0.1, 0.15) is 43.9 Å². The highest BCUT2D eigenvalue weighted by Crippen LogP contribution is 2.30. The van der Waals surface area contributed by atoms with Crippen molar-refractivity contribution in [2.45, 2.75) is 55.7 Å². The van der Waals surface area contributed by atoms with Crippen LogP contribution in [0.5, 0.6) is 0 Å². The van der Waals surface area contributed by atoms with E-state index in [9.17, 15) is 8.42 Å². The summed E-state index contributed by atoms with van der Waals surface area (Å²) >= 11 is 1.36. The predicted octanol–water partition coefficient (Wildman–Crippen LogP) is 2.59. The van der Waals surface area contributed by atoms with Crippen molar-refractivity contribution in [1.82, 2.24) is 4.31 Å². The summed E-state index contributed by atoms with van der Waals surface area (Å²) in [5.74, 6) is 0. The normalized spacial score (nSPS) is 17.8. The van der Waals surface area contributed by atoms with E-state index in [0.717, 1.165) is 37.0 Å². The first-order valence-electron chi connectivity index (χ1n) is 7.40. The molecule has 20 heavy (non-hydrogen) atoms. The molecule has 0 radical (unpaired) electrons. The van der Waals surface area contributed by atoms with Gasteiger partial charge >= 0.3 is 0 Å². The molecule has 1 heterocycles. The van der Waals surface area contributed by atoms with Crippen molar-refractivity contribution in [2.24, 2.45) is 5.73 Å². The van der Waals surface area contributed by atoms with Crippen molar-refractivity contribution in [3.63, 3.8) is 0 Å². The fourth-order valence-electron chi connectivity index (χ4n) is 2.88. The van der Waals surface area contributed by atoms with Crippen LogP contribution in [0.15, 0.2) is 16.3 Å². The molecular formula is C14H24N2O2S2. The Morgan fingerprint density at radius 2 is 2.00 bits per heavy atom. The molecule has 6 heteroatoms. The van der Waals surface area contributed by atoms with Gasteiger partial charge in [0.05, 0.1) is 0 Å². The second-order valence-electron chi connectivity index (χ2n) is 5.26. The Morgan fingerprint density at radius 3 is 2.60 bits per heavy atom. The molecule has 0 unspecified atom stereocenters. The van der Waals surface area contributed by atoms with Gasteiger partial charge < -0.3 is 5.73 Å². The lowest BCUT2D eigenvalue weighted by Crippen LogP contribution is -2.40. The van der Waals surface area contributed by atoms with Crippen LogP contribution in [-0.4, -0.2) is 31.9 Å². The van der Waals surface area contributed by atoms with Gasteiger partial charge in [-0.15, -0.1) is 11.3 Å². The fourth-order valence-corrected chi connectivity index (χ4v) is 6.08. The van der Waals surface area contributed by atoms with E-state index in [1.807, 2.05) is 13.0 Å². The highest BCUT2D eigenvalue weighted by molar-refractivity contribution is 7.91. The zero-order valence-electron chi connectivity index (χ0n) is 12.0. The maximum Gasteiger partial charge on any atom is 0.252 e. The molecule has 114 valence electrons. The molecule has 0 amide bonds. The molecule has 1 aliphatic rings. The monoisotopic (exact) mass is 316 g/mol. The third-order valence-electron chi connectivity index (χ3n) is 3.88. The van der Waals surface area contributed by atoms with Crippen LogP contribution in [0.2, 0.25) is 0 Å². The van der Waals surface area contributed by atoms with Gasteiger partial charge in [0.25, 0.3) is 10.0 Å². The standard InChI is InChI=1S/C14H24N2O2S2/c1-2-16(12-6-4-3-5-7-12)20(17,18)14-9-8-13(19-14)10-11-15/h8-9,12H,2-7,10-11,15H2,1H3. The van der Waals surface area contributed by atoms with Crippen molar-refractivity contribution in [1.29, 1.82) is 0 Å². The van der Waals surface area contributed by atoms with E-state index < -0.39 is 10.0 Å². The number of thiophene rings is 1. The van der Waals surface area contributed by atoms with E-state index >= 15 is 0 Å². The number of nitrogens with zero attached hydrogens (tertiary/aromatic N) is 1. The van der Waals surface area contributed by atoms with Gasteiger partial charge in [0, 0.05) is 17.5 Å². The number of hydrogen-bond donors (Lipinski definition) is 1. The fraction of sp³-hybridized carbons (Fsp3) is 0.714. The predicted molar refractivity (Wildman–Crippen MR) is 83.5 cm³/mol. The summed E-state index contributed by atoms with van der Waals surface area (Å²) in [5, 5.41) is 0. The third kappa shape index (κ3) is 3.42. The Hall–Kier alpha value is -0.430. The molecule has 2 rings (SSSR count). The smallest absolute Gasteiger partial charge is 0.252 e. The van der Waals surface area contributed by atoms with Crippen LogP contribution >= 0.6 is 11.3 Å². The van der Waals surface area contributed by atoms with Crippen molar-refractivity contribution < 1.29 is 8.42 Å². The summed E-state index contributed by atoms with van der Waals surface area (Å²) in [7, 11) is -3.34. The van der Waals surface area contributed by atoms with Crippen molar-refractivity contribution in [2.75, 3.05) is 13.1 Å². The van der Waals surface area contributed by atoms with Crippen LogP contribution in [0, 0.1) is 0 Å². The molecule has 1 fully saturated rings. The summed E-state index contributed by atoms with van der Waals surface area (Å²) in [6, 6.07) is 3.80. The topological polar surface area (TPSA) is 63.4 Å². The zero-order chi connectivity index (χ0) is 14.6. The minimum absolute atomic E-state index is 0.179. The van der Waals surface area contributed by atoms with Gasteiger partial charge in [0.2, 0.25) is 0 Å². The number of sulfonamides is 1. The summed E-state index contributed by atoms with van der Waals surface area (Å²) in [6.45, 7) is 3.04. The number of hydrogen-bond acceptors (Lipinski definition) is 4. The first-order valence-corrected chi connectivity index (χ1v) is 9.66. The van der Waals surface area contributed by atoms with Crippen LogP contribution in [0.3, 0.4) is 0 Å². The van der Waals surface area contributed by atoms with Gasteiger partial charge in [0.1, 0.15) is 4.21 Å². The Labute approximate surface area is 126 Å². The molecule has 1 saturated carbocycles. The lowest BCUT2D eigenvalue weighted by Gasteiger charge is -2.32. The Balaban J connectivity index is 2.21. The Kier molecular flexibility index (Phi) is 5.60. The zero-order valence-corrected chi connectivity index (χ0v) is 13.7. The minimum atomic E-state index is -3.34. The van der Waals surface area contributed by atoms with Crippen LogP contribution < -0.4 is 5.73 Å². The second-order valence-corrected chi connectivity index (χ2v) is 8.55. The Bertz CT molecular complexity index is 519. The highest BCUT2D eigenvalue weighted by atomic mass is 32.2. The Morgan fingerprint density at radius 1 is 1.30 bits per heavy atom. The van der Waals surface area contributed by atoms with Crippen LogP contribution in [-0.2, 0) is 16.4 Å². The summed E-state index contributed by atoms with van der Waals surface area (Å²) < 4.78 is 27.7. The molecule has 0 aromatic carbocycles. The van der Waals surface area contributed by atoms with Gasteiger partial charge in [0.15, 0.2) is 0 Å². The first kappa shape index (κ1) is 15.9. The highest BCUT2D eigenvalue weighted by Gasteiger charge is 2.31. The molecule has 0 saturated heterocycles. The molecule has 1 aromatic heterocycles. The van der Waals surface area contributed by atoms with E-state index in [2.05, 4.69) is 0 Å². The SMILES string of the molecule is CCN(C1CCCCC1)S(=O)(=O)c1ccc(CCN)s1. The van der Waals surface area contributed by atoms with Crippen molar-refractivity contribution in [3.05, 3.63) is 17.0 Å². The van der Waals surface area contributed by atoms with Gasteiger partial charge in [-0.1, -0.05) is 26.2 Å².